The van der Waals surface area contributed by atoms with Crippen LogP contribution >= 0.6 is 0 Å². The van der Waals surface area contributed by atoms with Gasteiger partial charge in [0.25, 0.3) is 0 Å². The van der Waals surface area contributed by atoms with Crippen LogP contribution in [0.1, 0.15) is 19.8 Å². The van der Waals surface area contributed by atoms with E-state index in [1.54, 1.807) is 19.0 Å². The molecule has 0 aliphatic carbocycles. The summed E-state index contributed by atoms with van der Waals surface area (Å²) >= 11 is 0. The number of nitrogens with zero attached hydrogens (tertiary/aromatic N) is 3. The van der Waals surface area contributed by atoms with E-state index < -0.39 is 0 Å². The zero-order valence-corrected chi connectivity index (χ0v) is 13.5. The summed E-state index contributed by atoms with van der Waals surface area (Å²) in [7, 11) is 3.58. The van der Waals surface area contributed by atoms with Crippen LogP contribution in [0.3, 0.4) is 0 Å². The zero-order chi connectivity index (χ0) is 15.5. The Hall–Kier alpha value is -1.40. The lowest BCUT2D eigenvalue weighted by molar-refractivity contribution is -0.696. The third kappa shape index (κ3) is 7.82. The molecule has 0 radical (unpaired) electrons. The Labute approximate surface area is 127 Å². The van der Waals surface area contributed by atoms with Crippen LogP contribution in [0.5, 0.6) is 0 Å². The van der Waals surface area contributed by atoms with Crippen LogP contribution in [0.15, 0.2) is 18.7 Å². The Balaban J connectivity index is 2.13. The minimum atomic E-state index is 0.178. The van der Waals surface area contributed by atoms with Crippen molar-refractivity contribution in [1.82, 2.24) is 9.47 Å². The quantitative estimate of drug-likeness (QED) is 0.446. The summed E-state index contributed by atoms with van der Waals surface area (Å²) in [6.45, 7) is 6.38. The molecule has 1 rings (SSSR count). The first-order chi connectivity index (χ1) is 10.1. The summed E-state index contributed by atoms with van der Waals surface area (Å²) in [6, 6.07) is 0. The zero-order valence-electron chi connectivity index (χ0n) is 13.5. The Bertz CT molecular complexity index is 405. The molecule has 6 heteroatoms. The summed E-state index contributed by atoms with van der Waals surface area (Å²) in [6.07, 6.45) is 7.55. The molecule has 1 aromatic heterocycles. The van der Waals surface area contributed by atoms with Gasteiger partial charge < -0.3 is 14.4 Å². The van der Waals surface area contributed by atoms with Gasteiger partial charge in [0.15, 0.2) is 0 Å². The fourth-order valence-electron chi connectivity index (χ4n) is 1.87. The molecule has 0 spiro atoms. The molecule has 1 heterocycles. The van der Waals surface area contributed by atoms with Crippen LogP contribution in [0.2, 0.25) is 0 Å². The number of amides is 1. The van der Waals surface area contributed by atoms with E-state index in [4.69, 9.17) is 9.47 Å². The standard InChI is InChI=1S/C15H28N3O3/c1-4-20-12-13-21-11-10-18-9-8-17(14-18)7-5-6-15(19)16(2)3/h8-9,14H,4-7,10-13H2,1-3H3/q+1. The highest BCUT2D eigenvalue weighted by molar-refractivity contribution is 5.75. The van der Waals surface area contributed by atoms with Crippen LogP contribution in [-0.4, -0.2) is 55.9 Å². The van der Waals surface area contributed by atoms with Crippen molar-refractivity contribution < 1.29 is 18.8 Å². The number of aryl methyl sites for hydroxylation is 1. The van der Waals surface area contributed by atoms with E-state index in [0.29, 0.717) is 26.2 Å². The molecule has 1 aromatic rings. The summed E-state index contributed by atoms with van der Waals surface area (Å²) in [4.78, 5) is 13.1. The van der Waals surface area contributed by atoms with E-state index in [1.165, 1.54) is 0 Å². The summed E-state index contributed by atoms with van der Waals surface area (Å²) in [5, 5.41) is 0. The Morgan fingerprint density at radius 3 is 2.71 bits per heavy atom. The second-order valence-corrected chi connectivity index (χ2v) is 5.09. The van der Waals surface area contributed by atoms with Crippen molar-refractivity contribution in [2.75, 3.05) is 40.5 Å². The third-order valence-corrected chi connectivity index (χ3v) is 3.12. The Morgan fingerprint density at radius 2 is 2.00 bits per heavy atom. The van der Waals surface area contributed by atoms with Crippen molar-refractivity contribution in [3.05, 3.63) is 18.7 Å². The minimum absolute atomic E-state index is 0.178. The van der Waals surface area contributed by atoms with Crippen LogP contribution in [0.4, 0.5) is 0 Å². The van der Waals surface area contributed by atoms with Gasteiger partial charge >= 0.3 is 0 Å². The van der Waals surface area contributed by atoms with Gasteiger partial charge in [0, 0.05) is 27.1 Å². The van der Waals surface area contributed by atoms with Crippen molar-refractivity contribution >= 4 is 5.91 Å². The SMILES string of the molecule is CCOCCOCCn1cc[n+](CCCC(=O)N(C)C)c1. The highest BCUT2D eigenvalue weighted by atomic mass is 16.5. The van der Waals surface area contributed by atoms with Crippen molar-refractivity contribution in [2.45, 2.75) is 32.9 Å². The average Bonchev–Trinajstić information content (AvgIpc) is 2.90. The molecule has 0 fully saturated rings. The highest BCUT2D eigenvalue weighted by Gasteiger charge is 2.07. The molecule has 6 nitrogen and oxygen atoms in total. The number of hydrogen-bond donors (Lipinski definition) is 0. The van der Waals surface area contributed by atoms with Gasteiger partial charge in [-0.15, -0.1) is 0 Å². The molecule has 0 aliphatic rings. The third-order valence-electron chi connectivity index (χ3n) is 3.12. The van der Waals surface area contributed by atoms with Crippen molar-refractivity contribution in [1.29, 1.82) is 0 Å². The van der Waals surface area contributed by atoms with E-state index in [-0.39, 0.29) is 5.91 Å². The average molecular weight is 298 g/mol. The largest absolute Gasteiger partial charge is 0.379 e. The molecule has 0 saturated heterocycles. The van der Waals surface area contributed by atoms with E-state index >= 15 is 0 Å². The normalized spacial score (nSPS) is 10.8. The molecule has 21 heavy (non-hydrogen) atoms. The fourth-order valence-corrected chi connectivity index (χ4v) is 1.87. The predicted octanol–water partition coefficient (Wildman–Crippen LogP) is 0.697. The molecule has 0 atom stereocenters. The maximum atomic E-state index is 11.5. The van der Waals surface area contributed by atoms with E-state index in [1.807, 2.05) is 25.6 Å². The van der Waals surface area contributed by atoms with Gasteiger partial charge in [-0.25, -0.2) is 9.13 Å². The van der Waals surface area contributed by atoms with Crippen LogP contribution in [0, 0.1) is 0 Å². The number of rotatable bonds is 11. The maximum Gasteiger partial charge on any atom is 0.243 e. The van der Waals surface area contributed by atoms with E-state index in [9.17, 15) is 4.79 Å². The maximum absolute atomic E-state index is 11.5. The van der Waals surface area contributed by atoms with Gasteiger partial charge in [-0.2, -0.15) is 0 Å². The number of aromatic nitrogens is 2. The molecule has 0 N–H and O–H groups in total. The number of carbonyl (C=O) groups is 1. The molecule has 0 saturated carbocycles. The molecule has 120 valence electrons. The van der Waals surface area contributed by atoms with Crippen LogP contribution in [0.25, 0.3) is 0 Å². The number of hydrogen-bond acceptors (Lipinski definition) is 3. The van der Waals surface area contributed by atoms with Gasteiger partial charge in [0.05, 0.1) is 26.4 Å². The van der Waals surface area contributed by atoms with Gasteiger partial charge in [-0.3, -0.25) is 4.79 Å². The molecule has 1 amide bonds. The first-order valence-corrected chi connectivity index (χ1v) is 7.54. The van der Waals surface area contributed by atoms with Gasteiger partial charge in [-0.1, -0.05) is 0 Å². The Morgan fingerprint density at radius 1 is 1.24 bits per heavy atom. The van der Waals surface area contributed by atoms with E-state index in [2.05, 4.69) is 9.13 Å². The summed E-state index contributed by atoms with van der Waals surface area (Å²) < 4.78 is 14.9. The topological polar surface area (TPSA) is 47.6 Å². The second kappa shape index (κ2) is 10.3. The predicted molar refractivity (Wildman–Crippen MR) is 79.9 cm³/mol. The fraction of sp³-hybridized carbons (Fsp3) is 0.733. The molecule has 0 unspecified atom stereocenters. The monoisotopic (exact) mass is 298 g/mol. The lowest BCUT2D eigenvalue weighted by atomic mass is 10.3. The minimum Gasteiger partial charge on any atom is -0.379 e. The van der Waals surface area contributed by atoms with Crippen molar-refractivity contribution in [3.63, 3.8) is 0 Å². The molecular weight excluding hydrogens is 270 g/mol. The Kier molecular flexibility index (Phi) is 8.69. The van der Waals surface area contributed by atoms with Gasteiger partial charge in [0.2, 0.25) is 12.2 Å². The lowest BCUT2D eigenvalue weighted by Crippen LogP contribution is -2.32. The number of imidazole rings is 1. The number of carbonyl (C=O) groups excluding carboxylic acids is 1. The molecule has 0 aromatic carbocycles. The van der Waals surface area contributed by atoms with Crippen molar-refractivity contribution in [2.24, 2.45) is 0 Å². The summed E-state index contributed by atoms with van der Waals surface area (Å²) in [5.41, 5.74) is 0. The smallest absolute Gasteiger partial charge is 0.243 e. The highest BCUT2D eigenvalue weighted by Crippen LogP contribution is 1.94. The van der Waals surface area contributed by atoms with Crippen molar-refractivity contribution in [3.8, 4) is 0 Å². The van der Waals surface area contributed by atoms with Gasteiger partial charge in [-0.05, 0) is 13.3 Å². The van der Waals surface area contributed by atoms with Crippen LogP contribution in [-0.2, 0) is 27.4 Å². The van der Waals surface area contributed by atoms with Crippen LogP contribution < -0.4 is 4.57 Å². The van der Waals surface area contributed by atoms with Gasteiger partial charge in [0.1, 0.15) is 18.9 Å². The molecular formula is C15H28N3O3+. The first kappa shape index (κ1) is 17.7. The molecule has 0 bridgehead atoms. The first-order valence-electron chi connectivity index (χ1n) is 7.54. The van der Waals surface area contributed by atoms with E-state index in [0.717, 1.165) is 26.1 Å². The second-order valence-electron chi connectivity index (χ2n) is 5.09. The lowest BCUT2D eigenvalue weighted by Gasteiger charge is -2.08. The molecule has 0 aliphatic heterocycles. The summed E-state index contributed by atoms with van der Waals surface area (Å²) in [5.74, 6) is 0.178. The number of ether oxygens (including phenoxy) is 2.